The number of nitrogens with one attached hydrogen (secondary N) is 2. The molecule has 1 aromatic rings. The highest BCUT2D eigenvalue weighted by molar-refractivity contribution is 6.68. The van der Waals surface area contributed by atoms with E-state index >= 15 is 0 Å². The first-order valence-corrected chi connectivity index (χ1v) is 10.1. The molecule has 0 spiro atoms. The second kappa shape index (κ2) is 6.63. The number of hydrogen-bond acceptors (Lipinski definition) is 3. The summed E-state index contributed by atoms with van der Waals surface area (Å²) >= 11 is 18.3. The fraction of sp³-hybridized carbons (Fsp3) is 0.722. The number of carbonyl (C=O) groups is 1. The fourth-order valence-electron chi connectivity index (χ4n) is 5.54. The zero-order chi connectivity index (χ0) is 17.7. The van der Waals surface area contributed by atoms with Crippen molar-refractivity contribution < 1.29 is 9.21 Å². The van der Waals surface area contributed by atoms with Crippen molar-refractivity contribution in [2.75, 3.05) is 0 Å². The molecule has 7 heteroatoms. The van der Waals surface area contributed by atoms with Crippen LogP contribution in [0.15, 0.2) is 22.8 Å². The van der Waals surface area contributed by atoms with Gasteiger partial charge in [-0.3, -0.25) is 10.1 Å². The molecule has 4 nitrogen and oxygen atoms in total. The van der Waals surface area contributed by atoms with Crippen molar-refractivity contribution in [2.24, 2.45) is 23.2 Å². The van der Waals surface area contributed by atoms with Crippen molar-refractivity contribution in [3.8, 4) is 0 Å². The number of amides is 1. The van der Waals surface area contributed by atoms with Gasteiger partial charge in [0.2, 0.25) is 9.70 Å². The third-order valence-electron chi connectivity index (χ3n) is 6.18. The maximum absolute atomic E-state index is 13.2. The summed E-state index contributed by atoms with van der Waals surface area (Å²) in [6.07, 6.45) is 7.64. The van der Waals surface area contributed by atoms with E-state index in [4.69, 9.17) is 39.2 Å². The number of hydrogen-bond donors (Lipinski definition) is 2. The summed E-state index contributed by atoms with van der Waals surface area (Å²) in [6, 6.07) is 3.64. The molecule has 4 saturated carbocycles. The van der Waals surface area contributed by atoms with E-state index in [0.717, 1.165) is 25.0 Å². The molecule has 1 unspecified atom stereocenters. The maximum Gasteiger partial charge on any atom is 0.227 e. The Bertz CT molecular complexity index is 591. The van der Waals surface area contributed by atoms with Crippen LogP contribution in [-0.2, 0) is 11.3 Å². The van der Waals surface area contributed by atoms with Crippen LogP contribution in [0.25, 0.3) is 0 Å². The minimum absolute atomic E-state index is 0.0369. The molecule has 4 fully saturated rings. The summed E-state index contributed by atoms with van der Waals surface area (Å²) in [6.45, 7) is 0.382. The molecular weight excluding hydrogens is 383 g/mol. The molecule has 0 aliphatic heterocycles. The molecule has 0 radical (unpaired) electrons. The molecule has 2 N–H and O–H groups in total. The van der Waals surface area contributed by atoms with Gasteiger partial charge in [-0.1, -0.05) is 34.8 Å². The topological polar surface area (TPSA) is 54.3 Å². The summed E-state index contributed by atoms with van der Waals surface area (Å²) in [5.41, 5.74) is -0.269. The zero-order valence-corrected chi connectivity index (χ0v) is 16.2. The van der Waals surface area contributed by atoms with Gasteiger partial charge in [0.15, 0.2) is 0 Å². The Kier molecular flexibility index (Phi) is 4.77. The van der Waals surface area contributed by atoms with Gasteiger partial charge < -0.3 is 9.73 Å². The highest BCUT2D eigenvalue weighted by atomic mass is 35.6. The van der Waals surface area contributed by atoms with Crippen LogP contribution in [0.5, 0.6) is 0 Å². The monoisotopic (exact) mass is 404 g/mol. The maximum atomic E-state index is 13.2. The quantitative estimate of drug-likeness (QED) is 0.564. The smallest absolute Gasteiger partial charge is 0.227 e. The standard InChI is InChI=1S/C18H23Cl3N2O2/c19-18(20,21)15(22-10-14-2-1-3-25-14)23-16(24)17-7-11-4-12(8-17)6-13(5-11)9-17/h1-3,11-13,15,22H,4-10H2,(H,23,24). The molecule has 1 amide bonds. The van der Waals surface area contributed by atoms with Crippen molar-refractivity contribution in [1.82, 2.24) is 10.6 Å². The molecule has 25 heavy (non-hydrogen) atoms. The first kappa shape index (κ1) is 18.0. The second-order valence-corrected chi connectivity index (χ2v) is 10.5. The van der Waals surface area contributed by atoms with E-state index in [1.165, 1.54) is 19.3 Å². The Morgan fingerprint density at radius 3 is 2.28 bits per heavy atom. The lowest BCUT2D eigenvalue weighted by molar-refractivity contribution is -0.147. The molecule has 1 heterocycles. The predicted octanol–water partition coefficient (Wildman–Crippen LogP) is 4.40. The Morgan fingerprint density at radius 1 is 1.20 bits per heavy atom. The first-order chi connectivity index (χ1) is 11.8. The SMILES string of the molecule is O=C(NC(NCc1ccco1)C(Cl)(Cl)Cl)C12CC3CC(CC(C3)C1)C2. The van der Waals surface area contributed by atoms with Gasteiger partial charge in [0.05, 0.1) is 18.2 Å². The normalized spacial score (nSPS) is 34.9. The van der Waals surface area contributed by atoms with Gasteiger partial charge >= 0.3 is 0 Å². The second-order valence-electron chi connectivity index (χ2n) is 8.11. The molecule has 0 aromatic carbocycles. The highest BCUT2D eigenvalue weighted by Gasteiger charge is 2.55. The molecule has 4 bridgehead atoms. The van der Waals surface area contributed by atoms with Gasteiger partial charge in [0, 0.05) is 0 Å². The molecule has 1 aromatic heterocycles. The van der Waals surface area contributed by atoms with Gasteiger partial charge in [0.25, 0.3) is 0 Å². The number of alkyl halides is 3. The van der Waals surface area contributed by atoms with E-state index in [0.29, 0.717) is 24.3 Å². The summed E-state index contributed by atoms with van der Waals surface area (Å²) in [4.78, 5) is 13.2. The third kappa shape index (κ3) is 3.69. The van der Waals surface area contributed by atoms with Crippen LogP contribution in [-0.4, -0.2) is 15.9 Å². The van der Waals surface area contributed by atoms with Crippen molar-refractivity contribution in [3.05, 3.63) is 24.2 Å². The van der Waals surface area contributed by atoms with Gasteiger partial charge in [-0.15, -0.1) is 0 Å². The number of halogens is 3. The molecule has 4 aliphatic rings. The van der Waals surface area contributed by atoms with E-state index in [1.54, 1.807) is 12.3 Å². The molecular formula is C18H23Cl3N2O2. The largest absolute Gasteiger partial charge is 0.468 e. The van der Waals surface area contributed by atoms with Crippen LogP contribution in [0, 0.1) is 23.2 Å². The van der Waals surface area contributed by atoms with Crippen molar-refractivity contribution in [3.63, 3.8) is 0 Å². The van der Waals surface area contributed by atoms with Crippen molar-refractivity contribution in [2.45, 2.75) is 55.0 Å². The van der Waals surface area contributed by atoms with Crippen LogP contribution in [0.4, 0.5) is 0 Å². The highest BCUT2D eigenvalue weighted by Crippen LogP contribution is 2.60. The van der Waals surface area contributed by atoms with Crippen molar-refractivity contribution >= 4 is 40.7 Å². The van der Waals surface area contributed by atoms with E-state index in [-0.39, 0.29) is 11.3 Å². The average molecular weight is 406 g/mol. The average Bonchev–Trinajstić information content (AvgIpc) is 3.02. The van der Waals surface area contributed by atoms with Crippen LogP contribution in [0.2, 0.25) is 0 Å². The minimum Gasteiger partial charge on any atom is -0.468 e. The lowest BCUT2D eigenvalue weighted by Gasteiger charge is -2.56. The number of carbonyl (C=O) groups excluding carboxylic acids is 1. The summed E-state index contributed by atoms with van der Waals surface area (Å²) in [5.74, 6) is 2.84. The lowest BCUT2D eigenvalue weighted by atomic mass is 9.49. The van der Waals surface area contributed by atoms with Gasteiger partial charge in [0.1, 0.15) is 11.9 Å². The number of furan rings is 1. The Labute approximate surface area is 162 Å². The predicted molar refractivity (Wildman–Crippen MR) is 98.4 cm³/mol. The van der Waals surface area contributed by atoms with E-state index < -0.39 is 9.96 Å². The summed E-state index contributed by atoms with van der Waals surface area (Å²) < 4.78 is 3.66. The van der Waals surface area contributed by atoms with Gasteiger partial charge in [-0.2, -0.15) is 0 Å². The van der Waals surface area contributed by atoms with E-state index in [1.807, 2.05) is 6.07 Å². The minimum atomic E-state index is -1.63. The lowest BCUT2D eigenvalue weighted by Crippen LogP contribution is -2.60. The molecule has 4 aliphatic carbocycles. The summed E-state index contributed by atoms with van der Waals surface area (Å²) in [7, 11) is 0. The van der Waals surface area contributed by atoms with Gasteiger partial charge in [-0.25, -0.2) is 0 Å². The van der Waals surface area contributed by atoms with Crippen LogP contribution in [0.3, 0.4) is 0 Å². The van der Waals surface area contributed by atoms with E-state index in [2.05, 4.69) is 10.6 Å². The Hall–Kier alpha value is -0.420. The summed E-state index contributed by atoms with van der Waals surface area (Å²) in [5, 5.41) is 6.09. The number of rotatable bonds is 5. The molecule has 1 atom stereocenters. The fourth-order valence-corrected chi connectivity index (χ4v) is 5.93. The molecule has 138 valence electrons. The van der Waals surface area contributed by atoms with Gasteiger partial charge in [-0.05, 0) is 68.4 Å². The van der Waals surface area contributed by atoms with Crippen LogP contribution in [0.1, 0.15) is 44.3 Å². The zero-order valence-electron chi connectivity index (χ0n) is 13.9. The van der Waals surface area contributed by atoms with Crippen LogP contribution >= 0.6 is 34.8 Å². The molecule has 5 rings (SSSR count). The third-order valence-corrected chi connectivity index (χ3v) is 6.84. The van der Waals surface area contributed by atoms with Crippen LogP contribution < -0.4 is 10.6 Å². The Balaban J connectivity index is 1.45. The van der Waals surface area contributed by atoms with E-state index in [9.17, 15) is 4.79 Å². The molecule has 0 saturated heterocycles. The van der Waals surface area contributed by atoms with Crippen molar-refractivity contribution in [1.29, 1.82) is 0 Å². The first-order valence-electron chi connectivity index (χ1n) is 8.97. The Morgan fingerprint density at radius 2 is 1.80 bits per heavy atom.